The van der Waals surface area contributed by atoms with E-state index in [1.54, 1.807) is 7.11 Å². The van der Waals surface area contributed by atoms with Crippen LogP contribution in [0.25, 0.3) is 0 Å². The molecule has 112 valence electrons. The summed E-state index contributed by atoms with van der Waals surface area (Å²) in [4.78, 5) is 2.44. The molecule has 2 aromatic carbocycles. The van der Waals surface area contributed by atoms with Gasteiger partial charge < -0.3 is 10.5 Å². The molecular formula is C18H24N2O. The number of methoxy groups -OCH3 is 1. The lowest BCUT2D eigenvalue weighted by molar-refractivity contribution is 0.283. The van der Waals surface area contributed by atoms with Crippen molar-refractivity contribution in [3.05, 3.63) is 59.7 Å². The quantitative estimate of drug-likeness (QED) is 0.793. The van der Waals surface area contributed by atoms with E-state index in [1.165, 1.54) is 11.1 Å². The zero-order valence-electron chi connectivity index (χ0n) is 12.9. The van der Waals surface area contributed by atoms with Crippen LogP contribution in [0, 0.1) is 0 Å². The number of nitrogens with zero attached hydrogens (tertiary/aromatic N) is 1. The maximum Gasteiger partial charge on any atom is 0.141 e. The van der Waals surface area contributed by atoms with E-state index in [4.69, 9.17) is 10.5 Å². The summed E-state index contributed by atoms with van der Waals surface area (Å²) in [5.41, 5.74) is 9.27. The Balaban J connectivity index is 1.92. The van der Waals surface area contributed by atoms with E-state index >= 15 is 0 Å². The minimum Gasteiger partial charge on any atom is -0.495 e. The Kier molecular flexibility index (Phi) is 5.64. The first-order valence-electron chi connectivity index (χ1n) is 7.41. The monoisotopic (exact) mass is 284 g/mol. The molecule has 2 rings (SSSR count). The smallest absolute Gasteiger partial charge is 0.141 e. The van der Waals surface area contributed by atoms with Crippen LogP contribution in [0.2, 0.25) is 0 Å². The van der Waals surface area contributed by atoms with Crippen LogP contribution in [-0.2, 0) is 13.0 Å². The molecule has 3 nitrogen and oxygen atoms in total. The lowest BCUT2D eigenvalue weighted by Gasteiger charge is -2.20. The normalized spacial score (nSPS) is 10.8. The predicted molar refractivity (Wildman–Crippen MR) is 88.5 cm³/mol. The summed E-state index contributed by atoms with van der Waals surface area (Å²) in [6, 6.07) is 16.6. The van der Waals surface area contributed by atoms with Crippen molar-refractivity contribution in [2.75, 3.05) is 25.9 Å². The third-order valence-corrected chi connectivity index (χ3v) is 3.71. The summed E-state index contributed by atoms with van der Waals surface area (Å²) in [5, 5.41) is 0. The Hall–Kier alpha value is -2.00. The SMILES string of the molecule is CCN(CCc1ccc(OC)c(N)c1)Cc1ccccc1. The fourth-order valence-electron chi connectivity index (χ4n) is 2.42. The van der Waals surface area contributed by atoms with Crippen LogP contribution in [0.4, 0.5) is 5.69 Å². The van der Waals surface area contributed by atoms with Crippen LogP contribution in [0.1, 0.15) is 18.1 Å². The minimum absolute atomic E-state index is 0.709. The van der Waals surface area contributed by atoms with E-state index in [-0.39, 0.29) is 0 Å². The molecule has 0 spiro atoms. The van der Waals surface area contributed by atoms with Crippen molar-refractivity contribution in [1.82, 2.24) is 4.90 Å². The molecule has 0 aromatic heterocycles. The second kappa shape index (κ2) is 7.70. The Morgan fingerprint density at radius 2 is 1.81 bits per heavy atom. The van der Waals surface area contributed by atoms with E-state index in [0.717, 1.165) is 31.8 Å². The van der Waals surface area contributed by atoms with Gasteiger partial charge in [-0.05, 0) is 36.2 Å². The van der Waals surface area contributed by atoms with Crippen molar-refractivity contribution in [3.8, 4) is 5.75 Å². The van der Waals surface area contributed by atoms with Crippen molar-refractivity contribution < 1.29 is 4.74 Å². The lowest BCUT2D eigenvalue weighted by atomic mass is 10.1. The second-order valence-corrected chi connectivity index (χ2v) is 5.18. The molecule has 0 heterocycles. The van der Waals surface area contributed by atoms with Crippen LogP contribution in [0.5, 0.6) is 5.75 Å². The topological polar surface area (TPSA) is 38.5 Å². The summed E-state index contributed by atoms with van der Waals surface area (Å²) in [7, 11) is 1.64. The number of benzene rings is 2. The van der Waals surface area contributed by atoms with Gasteiger partial charge in [-0.25, -0.2) is 0 Å². The zero-order valence-corrected chi connectivity index (χ0v) is 12.9. The van der Waals surface area contributed by atoms with Gasteiger partial charge in [-0.1, -0.05) is 43.3 Å². The van der Waals surface area contributed by atoms with Gasteiger partial charge in [0.1, 0.15) is 5.75 Å². The molecular weight excluding hydrogens is 260 g/mol. The summed E-state index contributed by atoms with van der Waals surface area (Å²) in [6.07, 6.45) is 0.995. The van der Waals surface area contributed by atoms with Crippen molar-refractivity contribution in [2.24, 2.45) is 0 Å². The fourth-order valence-corrected chi connectivity index (χ4v) is 2.42. The molecule has 0 radical (unpaired) electrons. The number of hydrogen-bond acceptors (Lipinski definition) is 3. The number of hydrogen-bond donors (Lipinski definition) is 1. The van der Waals surface area contributed by atoms with Crippen molar-refractivity contribution in [3.63, 3.8) is 0 Å². The number of nitrogen functional groups attached to an aromatic ring is 1. The largest absolute Gasteiger partial charge is 0.495 e. The van der Waals surface area contributed by atoms with E-state index in [0.29, 0.717) is 5.69 Å². The van der Waals surface area contributed by atoms with Crippen molar-refractivity contribution in [2.45, 2.75) is 19.9 Å². The fraction of sp³-hybridized carbons (Fsp3) is 0.333. The van der Waals surface area contributed by atoms with Crippen LogP contribution in [-0.4, -0.2) is 25.1 Å². The summed E-state index contributed by atoms with van der Waals surface area (Å²) in [5.74, 6) is 0.746. The molecule has 0 bridgehead atoms. The minimum atomic E-state index is 0.709. The third-order valence-electron chi connectivity index (χ3n) is 3.71. The van der Waals surface area contributed by atoms with Gasteiger partial charge in [-0.3, -0.25) is 4.90 Å². The van der Waals surface area contributed by atoms with Gasteiger partial charge >= 0.3 is 0 Å². The van der Waals surface area contributed by atoms with Gasteiger partial charge in [-0.2, -0.15) is 0 Å². The summed E-state index contributed by atoms with van der Waals surface area (Å²) < 4.78 is 5.19. The third kappa shape index (κ3) is 4.50. The maximum atomic E-state index is 5.96. The van der Waals surface area contributed by atoms with Crippen LogP contribution < -0.4 is 10.5 Å². The van der Waals surface area contributed by atoms with Crippen LogP contribution in [0.15, 0.2) is 48.5 Å². The molecule has 0 fully saturated rings. The van der Waals surface area contributed by atoms with E-state index in [2.05, 4.69) is 48.2 Å². The van der Waals surface area contributed by atoms with Gasteiger partial charge in [0.05, 0.1) is 12.8 Å². The Bertz CT molecular complexity index is 554. The zero-order chi connectivity index (χ0) is 15.1. The highest BCUT2D eigenvalue weighted by Crippen LogP contribution is 2.22. The molecule has 2 N–H and O–H groups in total. The van der Waals surface area contributed by atoms with Gasteiger partial charge in [0.15, 0.2) is 0 Å². The number of anilines is 1. The molecule has 3 heteroatoms. The van der Waals surface area contributed by atoms with Crippen molar-refractivity contribution in [1.29, 1.82) is 0 Å². The summed E-state index contributed by atoms with van der Waals surface area (Å²) >= 11 is 0. The average Bonchev–Trinajstić information content (AvgIpc) is 2.52. The maximum absolute atomic E-state index is 5.96. The van der Waals surface area contributed by atoms with E-state index < -0.39 is 0 Å². The lowest BCUT2D eigenvalue weighted by Crippen LogP contribution is -2.25. The molecule has 0 aliphatic rings. The molecule has 21 heavy (non-hydrogen) atoms. The molecule has 0 aliphatic carbocycles. The number of rotatable bonds is 7. The van der Waals surface area contributed by atoms with E-state index in [1.807, 2.05) is 12.1 Å². The first kappa shape index (κ1) is 15.4. The molecule has 0 unspecified atom stereocenters. The first-order chi connectivity index (χ1) is 10.2. The molecule has 0 aliphatic heterocycles. The standard InChI is InChI=1S/C18H24N2O/c1-3-20(14-16-7-5-4-6-8-16)12-11-15-9-10-18(21-2)17(19)13-15/h4-10,13H,3,11-12,14,19H2,1-2H3. The Morgan fingerprint density at radius 3 is 2.43 bits per heavy atom. The molecule has 0 atom stereocenters. The van der Waals surface area contributed by atoms with Crippen LogP contribution >= 0.6 is 0 Å². The molecule has 0 amide bonds. The Morgan fingerprint density at radius 1 is 1.05 bits per heavy atom. The second-order valence-electron chi connectivity index (χ2n) is 5.18. The molecule has 0 saturated heterocycles. The molecule has 2 aromatic rings. The van der Waals surface area contributed by atoms with Crippen LogP contribution in [0.3, 0.4) is 0 Å². The van der Waals surface area contributed by atoms with Crippen molar-refractivity contribution >= 4 is 5.69 Å². The highest BCUT2D eigenvalue weighted by molar-refractivity contribution is 5.54. The Labute approximate surface area is 127 Å². The van der Waals surface area contributed by atoms with Gasteiger partial charge in [0.2, 0.25) is 0 Å². The highest BCUT2D eigenvalue weighted by Gasteiger charge is 2.06. The van der Waals surface area contributed by atoms with Gasteiger partial charge in [0, 0.05) is 13.1 Å². The number of likely N-dealkylation sites (N-methyl/N-ethyl adjacent to an activating group) is 1. The number of nitrogens with two attached hydrogens (primary N) is 1. The van der Waals surface area contributed by atoms with Gasteiger partial charge in [0.25, 0.3) is 0 Å². The highest BCUT2D eigenvalue weighted by atomic mass is 16.5. The predicted octanol–water partition coefficient (Wildman–Crippen LogP) is 3.34. The first-order valence-corrected chi connectivity index (χ1v) is 7.41. The molecule has 0 saturated carbocycles. The number of ether oxygens (including phenoxy) is 1. The van der Waals surface area contributed by atoms with E-state index in [9.17, 15) is 0 Å². The summed E-state index contributed by atoms with van der Waals surface area (Å²) in [6.45, 7) is 5.26. The average molecular weight is 284 g/mol. The van der Waals surface area contributed by atoms with Gasteiger partial charge in [-0.15, -0.1) is 0 Å².